The number of benzene rings is 2. The van der Waals surface area contributed by atoms with Gasteiger partial charge in [-0.05, 0) is 67.5 Å². The van der Waals surface area contributed by atoms with Crippen LogP contribution >= 0.6 is 0 Å². The molecule has 3 rings (SSSR count). The molecule has 36 heavy (non-hydrogen) atoms. The summed E-state index contributed by atoms with van der Waals surface area (Å²) in [7, 11) is 1.88. The Balaban J connectivity index is 0.000000982. The average molecular weight is 506 g/mol. The molecule has 0 aliphatic heterocycles. The van der Waals surface area contributed by atoms with Crippen molar-refractivity contribution in [2.24, 2.45) is 4.99 Å². The molecule has 0 saturated carbocycles. The molecule has 0 heterocycles. The molecule has 198 valence electrons. The third-order valence-electron chi connectivity index (χ3n) is 5.59. The summed E-state index contributed by atoms with van der Waals surface area (Å²) in [5, 5.41) is 6.67. The van der Waals surface area contributed by atoms with E-state index in [1.807, 2.05) is 33.0 Å². The monoisotopic (exact) mass is 505 g/mol. The topological polar surface area (TPSA) is 36.4 Å². The van der Waals surface area contributed by atoms with Crippen LogP contribution in [0.4, 0.5) is 28.9 Å². The zero-order chi connectivity index (χ0) is 27.1. The maximum absolute atomic E-state index is 13.7. The van der Waals surface area contributed by atoms with Crippen LogP contribution in [0.3, 0.4) is 0 Å². The summed E-state index contributed by atoms with van der Waals surface area (Å²) in [6.07, 6.45) is 7.53. The van der Waals surface area contributed by atoms with Crippen molar-refractivity contribution in [2.75, 3.05) is 12.4 Å². The van der Waals surface area contributed by atoms with Gasteiger partial charge in [0, 0.05) is 36.3 Å². The Hall–Kier alpha value is -3.09. The highest BCUT2D eigenvalue weighted by atomic mass is 19.4. The SMILES string of the molecule is C=C(NC)c1cccc(CNc2ccc(F)cc2CCC)c1N=C(C)C1=CCCC1.CC.FC(F)F. The van der Waals surface area contributed by atoms with Crippen LogP contribution in [-0.2, 0) is 13.0 Å². The number of nitrogens with one attached hydrogen (secondary N) is 2. The van der Waals surface area contributed by atoms with Gasteiger partial charge >= 0.3 is 6.68 Å². The van der Waals surface area contributed by atoms with Crippen molar-refractivity contribution in [1.82, 2.24) is 5.32 Å². The quantitative estimate of drug-likeness (QED) is 0.263. The van der Waals surface area contributed by atoms with Crippen molar-refractivity contribution < 1.29 is 17.6 Å². The Labute approximate surface area is 213 Å². The van der Waals surface area contributed by atoms with E-state index in [0.717, 1.165) is 65.2 Å². The highest BCUT2D eigenvalue weighted by Gasteiger charge is 2.14. The summed E-state index contributed by atoms with van der Waals surface area (Å²) in [6, 6.07) is 11.1. The van der Waals surface area contributed by atoms with Crippen LogP contribution in [0.25, 0.3) is 5.70 Å². The summed E-state index contributed by atoms with van der Waals surface area (Å²) < 4.78 is 42.7. The fourth-order valence-corrected chi connectivity index (χ4v) is 3.88. The second kappa shape index (κ2) is 16.6. The van der Waals surface area contributed by atoms with Gasteiger partial charge in [0.1, 0.15) is 5.82 Å². The summed E-state index contributed by atoms with van der Waals surface area (Å²) >= 11 is 0. The predicted octanol–water partition coefficient (Wildman–Crippen LogP) is 8.99. The number of hydrogen-bond acceptors (Lipinski definition) is 3. The molecule has 0 saturated heterocycles. The Morgan fingerprint density at radius 3 is 2.39 bits per heavy atom. The molecule has 2 aromatic rings. The van der Waals surface area contributed by atoms with E-state index in [2.05, 4.69) is 49.3 Å². The van der Waals surface area contributed by atoms with E-state index in [0.29, 0.717) is 6.54 Å². The number of hydrogen-bond donors (Lipinski definition) is 2. The molecular weight excluding hydrogens is 466 g/mol. The molecule has 3 nitrogen and oxygen atoms in total. The van der Waals surface area contributed by atoms with E-state index < -0.39 is 6.68 Å². The van der Waals surface area contributed by atoms with Gasteiger partial charge in [0.2, 0.25) is 0 Å². The fraction of sp³-hybridized carbons (Fsp3) is 0.414. The molecule has 0 fully saturated rings. The molecule has 0 unspecified atom stereocenters. The zero-order valence-electron chi connectivity index (χ0n) is 22.0. The minimum absolute atomic E-state index is 0.193. The van der Waals surface area contributed by atoms with Gasteiger partial charge in [-0.3, -0.25) is 4.99 Å². The third-order valence-corrected chi connectivity index (χ3v) is 5.59. The average Bonchev–Trinajstić information content (AvgIpc) is 3.40. The first-order valence-corrected chi connectivity index (χ1v) is 12.4. The van der Waals surface area contributed by atoms with Crippen molar-refractivity contribution in [3.8, 4) is 0 Å². The van der Waals surface area contributed by atoms with Crippen LogP contribution in [0.15, 0.2) is 59.6 Å². The molecule has 1 aliphatic rings. The summed E-state index contributed by atoms with van der Waals surface area (Å²) in [5.41, 5.74) is 8.26. The lowest BCUT2D eigenvalue weighted by molar-refractivity contribution is 0.00819. The Kier molecular flexibility index (Phi) is 14.2. The van der Waals surface area contributed by atoms with Gasteiger partial charge in [0.15, 0.2) is 0 Å². The number of halogens is 4. The lowest BCUT2D eigenvalue weighted by Crippen LogP contribution is -2.07. The molecule has 7 heteroatoms. The number of alkyl halides is 3. The first-order chi connectivity index (χ1) is 17.3. The van der Waals surface area contributed by atoms with Gasteiger partial charge in [-0.15, -0.1) is 0 Å². The van der Waals surface area contributed by atoms with Crippen LogP contribution in [-0.4, -0.2) is 19.4 Å². The summed E-state index contributed by atoms with van der Waals surface area (Å²) in [5.74, 6) is -0.193. The first-order valence-electron chi connectivity index (χ1n) is 12.4. The largest absolute Gasteiger partial charge is 0.388 e. The molecule has 2 aromatic carbocycles. The minimum Gasteiger partial charge on any atom is -0.388 e. The summed E-state index contributed by atoms with van der Waals surface area (Å²) in [6.45, 7) is 9.30. The van der Waals surface area contributed by atoms with E-state index in [9.17, 15) is 17.6 Å². The number of para-hydroxylation sites is 1. The maximum atomic E-state index is 13.7. The molecule has 0 bridgehead atoms. The lowest BCUT2D eigenvalue weighted by Gasteiger charge is -2.17. The molecule has 0 amide bonds. The normalized spacial score (nSPS) is 12.7. The number of rotatable bonds is 9. The smallest absolute Gasteiger partial charge is 0.379 e. The van der Waals surface area contributed by atoms with E-state index in [1.54, 1.807) is 6.07 Å². The standard InChI is InChI=1S/C26H32FN3.C2H6.CHF3/c1-5-9-21-16-23(27)14-15-25(21)29-17-22-12-8-13-24(19(3)28-4)26(22)30-18(2)20-10-6-7-11-20;1-2;2-1(3)4/h8,10,12-16,28-29H,3,5-7,9,11,17H2,1-2,4H3;1-2H3;1H. The molecule has 0 aromatic heterocycles. The van der Waals surface area contributed by atoms with Gasteiger partial charge in [-0.2, -0.15) is 13.2 Å². The molecule has 1 aliphatic carbocycles. The zero-order valence-corrected chi connectivity index (χ0v) is 22.0. The van der Waals surface area contributed by atoms with E-state index in [4.69, 9.17) is 4.99 Å². The van der Waals surface area contributed by atoms with Crippen molar-refractivity contribution in [3.63, 3.8) is 0 Å². The van der Waals surface area contributed by atoms with E-state index in [-0.39, 0.29) is 5.82 Å². The highest BCUT2D eigenvalue weighted by Crippen LogP contribution is 2.32. The van der Waals surface area contributed by atoms with Crippen molar-refractivity contribution in [3.05, 3.63) is 77.1 Å². The van der Waals surface area contributed by atoms with Crippen LogP contribution in [0.5, 0.6) is 0 Å². The summed E-state index contributed by atoms with van der Waals surface area (Å²) in [4.78, 5) is 5.04. The number of allylic oxidation sites excluding steroid dienone is 2. The van der Waals surface area contributed by atoms with Gasteiger partial charge in [0.05, 0.1) is 5.69 Å². The van der Waals surface area contributed by atoms with Crippen molar-refractivity contribution in [2.45, 2.75) is 73.0 Å². The van der Waals surface area contributed by atoms with Crippen LogP contribution in [0.2, 0.25) is 0 Å². The van der Waals surface area contributed by atoms with Gasteiger partial charge < -0.3 is 10.6 Å². The molecule has 0 spiro atoms. The third kappa shape index (κ3) is 9.88. The highest BCUT2D eigenvalue weighted by molar-refractivity contribution is 6.01. The van der Waals surface area contributed by atoms with Crippen molar-refractivity contribution in [1.29, 1.82) is 0 Å². The van der Waals surface area contributed by atoms with Gasteiger partial charge in [-0.1, -0.05) is 58.0 Å². The van der Waals surface area contributed by atoms with Crippen LogP contribution in [0, 0.1) is 5.82 Å². The van der Waals surface area contributed by atoms with Crippen molar-refractivity contribution >= 4 is 22.8 Å². The number of anilines is 1. The Bertz CT molecular complexity index is 1030. The van der Waals surface area contributed by atoms with Crippen LogP contribution < -0.4 is 10.6 Å². The number of nitrogens with zero attached hydrogens (tertiary/aromatic N) is 1. The Morgan fingerprint density at radius 1 is 1.11 bits per heavy atom. The molecular formula is C29H39F4N3. The second-order valence-electron chi connectivity index (χ2n) is 8.01. The lowest BCUT2D eigenvalue weighted by atomic mass is 10.0. The molecule has 0 radical (unpaired) electrons. The van der Waals surface area contributed by atoms with E-state index >= 15 is 0 Å². The molecule has 0 atom stereocenters. The number of aryl methyl sites for hydroxylation is 1. The van der Waals surface area contributed by atoms with Crippen LogP contribution in [0.1, 0.15) is 70.1 Å². The number of aliphatic imine (C=N–C) groups is 1. The maximum Gasteiger partial charge on any atom is 0.379 e. The first kappa shape index (κ1) is 30.9. The second-order valence-corrected chi connectivity index (χ2v) is 8.01. The van der Waals surface area contributed by atoms with E-state index in [1.165, 1.54) is 18.1 Å². The van der Waals surface area contributed by atoms with Gasteiger partial charge in [0.25, 0.3) is 0 Å². The van der Waals surface area contributed by atoms with Gasteiger partial charge in [-0.25, -0.2) is 4.39 Å². The predicted molar refractivity (Wildman–Crippen MR) is 145 cm³/mol. The Morgan fingerprint density at radius 2 is 1.81 bits per heavy atom. The molecule has 2 N–H and O–H groups in total. The minimum atomic E-state index is -3.67. The fourth-order valence-electron chi connectivity index (χ4n) is 3.88.